The number of rotatable bonds is 13. The molecule has 2 heterocycles. The quantitative estimate of drug-likeness (QED) is 0.374. The van der Waals surface area contributed by atoms with Crippen molar-refractivity contribution in [3.8, 4) is 5.75 Å². The SMILES string of the molecule is CCCCc1cc(OC2CCN(CCCCS(=O)(=O)CCCC)CC2)c2ncccc2c1. The smallest absolute Gasteiger partial charge is 0.150 e. The molecule has 0 amide bonds. The Balaban J connectivity index is 1.47. The maximum Gasteiger partial charge on any atom is 0.150 e. The molecule has 0 N–H and O–H groups in total. The van der Waals surface area contributed by atoms with Gasteiger partial charge in [-0.25, -0.2) is 8.42 Å². The molecular weight excluding hydrogens is 420 g/mol. The lowest BCUT2D eigenvalue weighted by atomic mass is 10.0. The number of hydrogen-bond acceptors (Lipinski definition) is 5. The normalized spacial score (nSPS) is 15.9. The van der Waals surface area contributed by atoms with Crippen LogP contribution in [0.15, 0.2) is 30.5 Å². The highest BCUT2D eigenvalue weighted by atomic mass is 32.2. The van der Waals surface area contributed by atoms with Gasteiger partial charge in [0.25, 0.3) is 0 Å². The summed E-state index contributed by atoms with van der Waals surface area (Å²) in [5.74, 6) is 1.60. The predicted molar refractivity (Wildman–Crippen MR) is 133 cm³/mol. The van der Waals surface area contributed by atoms with Crippen molar-refractivity contribution in [2.45, 2.75) is 77.7 Å². The van der Waals surface area contributed by atoms with E-state index in [1.54, 1.807) is 0 Å². The monoisotopic (exact) mass is 460 g/mol. The Bertz CT molecular complexity index is 937. The van der Waals surface area contributed by atoms with Crippen LogP contribution in [0.3, 0.4) is 0 Å². The molecule has 0 radical (unpaired) electrons. The number of piperidine rings is 1. The first-order chi connectivity index (χ1) is 15.5. The Hall–Kier alpha value is -1.66. The lowest BCUT2D eigenvalue weighted by Crippen LogP contribution is -2.38. The highest BCUT2D eigenvalue weighted by Crippen LogP contribution is 2.29. The molecule has 1 saturated heterocycles. The number of sulfone groups is 1. The van der Waals surface area contributed by atoms with Crippen molar-refractivity contribution in [1.29, 1.82) is 0 Å². The third-order valence-electron chi connectivity index (χ3n) is 6.37. The van der Waals surface area contributed by atoms with Crippen LogP contribution in [-0.2, 0) is 16.3 Å². The Morgan fingerprint density at radius 3 is 2.53 bits per heavy atom. The molecule has 1 aliphatic heterocycles. The fraction of sp³-hybridized carbons (Fsp3) is 0.654. The predicted octanol–water partition coefficient (Wildman–Crippen LogP) is 5.42. The third kappa shape index (κ3) is 7.73. The van der Waals surface area contributed by atoms with Crippen LogP contribution in [0, 0.1) is 0 Å². The van der Waals surface area contributed by atoms with Gasteiger partial charge in [0.15, 0.2) is 0 Å². The van der Waals surface area contributed by atoms with Crippen molar-refractivity contribution >= 4 is 20.7 Å². The van der Waals surface area contributed by atoms with Gasteiger partial charge >= 0.3 is 0 Å². The number of likely N-dealkylation sites (tertiary alicyclic amines) is 1. The molecule has 1 fully saturated rings. The first-order valence-corrected chi connectivity index (χ1v) is 14.3. The number of ether oxygens (including phenoxy) is 1. The molecule has 1 aromatic carbocycles. The summed E-state index contributed by atoms with van der Waals surface area (Å²) in [6.07, 6.45) is 10.9. The molecule has 3 rings (SSSR count). The van der Waals surface area contributed by atoms with Gasteiger partial charge in [-0.05, 0) is 75.3 Å². The zero-order valence-corrected chi connectivity index (χ0v) is 20.7. The van der Waals surface area contributed by atoms with Crippen LogP contribution in [0.5, 0.6) is 5.75 Å². The van der Waals surface area contributed by atoms with E-state index in [0.717, 1.165) is 81.2 Å². The number of hydrogen-bond donors (Lipinski definition) is 0. The van der Waals surface area contributed by atoms with E-state index in [1.165, 1.54) is 18.4 Å². The highest BCUT2D eigenvalue weighted by molar-refractivity contribution is 7.91. The van der Waals surface area contributed by atoms with Gasteiger partial charge in [0, 0.05) is 24.7 Å². The Kier molecular flexibility index (Phi) is 9.79. The van der Waals surface area contributed by atoms with Crippen molar-refractivity contribution in [3.05, 3.63) is 36.0 Å². The van der Waals surface area contributed by atoms with Crippen LogP contribution in [-0.4, -0.2) is 55.5 Å². The average Bonchev–Trinajstić information content (AvgIpc) is 2.80. The summed E-state index contributed by atoms with van der Waals surface area (Å²) in [6, 6.07) is 8.55. The molecule has 0 bridgehead atoms. The number of pyridine rings is 1. The Morgan fingerprint density at radius 2 is 1.78 bits per heavy atom. The molecular formula is C26H40N2O3S. The third-order valence-corrected chi connectivity index (χ3v) is 8.19. The molecule has 178 valence electrons. The molecule has 0 saturated carbocycles. The Morgan fingerprint density at radius 1 is 1.03 bits per heavy atom. The van der Waals surface area contributed by atoms with E-state index in [2.05, 4.69) is 35.0 Å². The van der Waals surface area contributed by atoms with Crippen molar-refractivity contribution in [2.24, 2.45) is 0 Å². The van der Waals surface area contributed by atoms with Crippen LogP contribution in [0.25, 0.3) is 10.9 Å². The molecule has 6 heteroatoms. The average molecular weight is 461 g/mol. The van der Waals surface area contributed by atoms with E-state index in [4.69, 9.17) is 4.74 Å². The maximum absolute atomic E-state index is 12.0. The number of benzene rings is 1. The van der Waals surface area contributed by atoms with E-state index >= 15 is 0 Å². The summed E-state index contributed by atoms with van der Waals surface area (Å²) < 4.78 is 30.5. The molecule has 0 unspecified atom stereocenters. The van der Waals surface area contributed by atoms with Gasteiger partial charge in [0.2, 0.25) is 0 Å². The summed E-state index contributed by atoms with van der Waals surface area (Å²) in [6.45, 7) is 7.25. The van der Waals surface area contributed by atoms with Crippen LogP contribution in [0.1, 0.15) is 70.8 Å². The van der Waals surface area contributed by atoms with E-state index < -0.39 is 9.84 Å². The van der Waals surface area contributed by atoms with Crippen LogP contribution >= 0.6 is 0 Å². The number of aryl methyl sites for hydroxylation is 1. The van der Waals surface area contributed by atoms with Crippen LogP contribution in [0.2, 0.25) is 0 Å². The lowest BCUT2D eigenvalue weighted by molar-refractivity contribution is 0.101. The van der Waals surface area contributed by atoms with E-state index in [0.29, 0.717) is 11.5 Å². The maximum atomic E-state index is 12.0. The molecule has 0 spiro atoms. The van der Waals surface area contributed by atoms with E-state index in [9.17, 15) is 8.42 Å². The Labute approximate surface area is 194 Å². The first-order valence-electron chi connectivity index (χ1n) is 12.5. The minimum atomic E-state index is -2.86. The summed E-state index contributed by atoms with van der Waals surface area (Å²) in [7, 11) is -2.86. The standard InChI is InChI=1S/C26H40N2O3S/c1-3-5-10-22-20-23-11-9-14-27-26(23)25(21-22)31-24-12-16-28(17-13-24)15-7-8-19-32(29,30)18-6-4-2/h9,11,14,20-21,24H,3-8,10,12-13,15-19H2,1-2H3. The van der Waals surface area contributed by atoms with Crippen LogP contribution in [0.4, 0.5) is 0 Å². The van der Waals surface area contributed by atoms with Crippen molar-refractivity contribution in [2.75, 3.05) is 31.1 Å². The second-order valence-electron chi connectivity index (χ2n) is 9.14. The van der Waals surface area contributed by atoms with Crippen molar-refractivity contribution < 1.29 is 13.2 Å². The molecule has 1 aliphatic rings. The fourth-order valence-electron chi connectivity index (χ4n) is 4.39. The van der Waals surface area contributed by atoms with Gasteiger partial charge < -0.3 is 9.64 Å². The van der Waals surface area contributed by atoms with Crippen molar-refractivity contribution in [3.63, 3.8) is 0 Å². The zero-order valence-electron chi connectivity index (χ0n) is 19.9. The number of unbranched alkanes of at least 4 members (excludes halogenated alkanes) is 3. The molecule has 32 heavy (non-hydrogen) atoms. The molecule has 1 aromatic heterocycles. The summed E-state index contributed by atoms with van der Waals surface area (Å²) in [5.41, 5.74) is 2.29. The highest BCUT2D eigenvalue weighted by Gasteiger charge is 2.21. The molecule has 5 nitrogen and oxygen atoms in total. The molecule has 2 aromatic rings. The van der Waals surface area contributed by atoms with Gasteiger partial charge in [-0.1, -0.05) is 32.8 Å². The summed E-state index contributed by atoms with van der Waals surface area (Å²) in [5, 5.41) is 1.16. The number of aromatic nitrogens is 1. The minimum Gasteiger partial charge on any atom is -0.488 e. The number of fused-ring (bicyclic) bond motifs is 1. The lowest BCUT2D eigenvalue weighted by Gasteiger charge is -2.32. The fourth-order valence-corrected chi connectivity index (χ4v) is 5.96. The van der Waals surface area contributed by atoms with Gasteiger partial charge in [-0.15, -0.1) is 0 Å². The minimum absolute atomic E-state index is 0.215. The van der Waals surface area contributed by atoms with E-state index in [-0.39, 0.29) is 6.10 Å². The van der Waals surface area contributed by atoms with Gasteiger partial charge in [-0.2, -0.15) is 0 Å². The van der Waals surface area contributed by atoms with E-state index in [1.807, 2.05) is 19.2 Å². The largest absolute Gasteiger partial charge is 0.488 e. The molecule has 0 atom stereocenters. The number of nitrogens with zero attached hydrogens (tertiary/aromatic N) is 2. The molecule has 0 aliphatic carbocycles. The summed E-state index contributed by atoms with van der Waals surface area (Å²) >= 11 is 0. The van der Waals surface area contributed by atoms with Gasteiger partial charge in [0.05, 0.1) is 11.5 Å². The van der Waals surface area contributed by atoms with Gasteiger partial charge in [-0.3, -0.25) is 4.98 Å². The second kappa shape index (κ2) is 12.5. The zero-order chi connectivity index (χ0) is 22.8. The van der Waals surface area contributed by atoms with Crippen LogP contribution < -0.4 is 4.74 Å². The van der Waals surface area contributed by atoms with Gasteiger partial charge in [0.1, 0.15) is 27.2 Å². The first kappa shape index (κ1) is 25.0. The summed E-state index contributed by atoms with van der Waals surface area (Å²) in [4.78, 5) is 7.04. The topological polar surface area (TPSA) is 59.5 Å². The second-order valence-corrected chi connectivity index (χ2v) is 11.4. The van der Waals surface area contributed by atoms with Crippen molar-refractivity contribution in [1.82, 2.24) is 9.88 Å².